The molecule has 0 saturated heterocycles. The largest absolute Gasteiger partial charge is 0.309 e. The number of benzene rings is 11. The molecule has 0 aliphatic carbocycles. The molecule has 326 valence electrons. The van der Waals surface area contributed by atoms with Gasteiger partial charge in [-0.2, -0.15) is 0 Å². The standard InChI is InChI=1S/C65H40N4S/c1-3-14-41(15-4-1)43-26-30-45(31-27-43)63-66-64(46-32-28-44(29-33-46)42-16-5-2-6-17-42)68-65(67-63)53-35-34-51(40-55(53)52-23-13-25-61-62(52)54-22-11-12-24-60(54)70-61)69-58-38-49-20-9-7-18-47(49)36-56(58)57-37-48-19-8-10-21-50(48)39-59(57)69/h1-40H. The summed E-state index contributed by atoms with van der Waals surface area (Å²) in [5, 5.41) is 9.75. The molecule has 0 aliphatic heterocycles. The second-order valence-electron chi connectivity index (χ2n) is 18.0. The highest BCUT2D eigenvalue weighted by Gasteiger charge is 2.22. The number of rotatable bonds is 7. The molecule has 0 bridgehead atoms. The first kappa shape index (κ1) is 40.1. The van der Waals surface area contributed by atoms with Crippen molar-refractivity contribution in [2.75, 3.05) is 0 Å². The highest BCUT2D eigenvalue weighted by atomic mass is 32.1. The lowest BCUT2D eigenvalue weighted by atomic mass is 9.94. The summed E-state index contributed by atoms with van der Waals surface area (Å²) in [6.07, 6.45) is 0. The van der Waals surface area contributed by atoms with Crippen LogP contribution < -0.4 is 0 Å². The van der Waals surface area contributed by atoms with E-state index in [-0.39, 0.29) is 0 Å². The lowest BCUT2D eigenvalue weighted by Crippen LogP contribution is -2.02. The third-order valence-corrected chi connectivity index (χ3v) is 15.0. The van der Waals surface area contributed by atoms with E-state index in [0.29, 0.717) is 17.5 Å². The zero-order valence-electron chi connectivity index (χ0n) is 37.8. The Morgan fingerprint density at radius 1 is 0.286 bits per heavy atom. The minimum Gasteiger partial charge on any atom is -0.309 e. The van der Waals surface area contributed by atoms with Crippen LogP contribution in [0.2, 0.25) is 0 Å². The molecule has 0 unspecified atom stereocenters. The Hall–Kier alpha value is -9.03. The van der Waals surface area contributed by atoms with Gasteiger partial charge in [0.15, 0.2) is 17.5 Å². The zero-order valence-corrected chi connectivity index (χ0v) is 38.6. The van der Waals surface area contributed by atoms with Crippen LogP contribution in [-0.4, -0.2) is 19.5 Å². The average molecular weight is 909 g/mol. The van der Waals surface area contributed by atoms with Gasteiger partial charge in [0.05, 0.1) is 11.0 Å². The normalized spacial score (nSPS) is 11.7. The molecule has 0 radical (unpaired) electrons. The summed E-state index contributed by atoms with van der Waals surface area (Å²) in [6.45, 7) is 0. The third-order valence-electron chi connectivity index (χ3n) is 13.8. The monoisotopic (exact) mass is 908 g/mol. The summed E-state index contributed by atoms with van der Waals surface area (Å²) >= 11 is 1.83. The summed E-state index contributed by atoms with van der Waals surface area (Å²) in [7, 11) is 0. The van der Waals surface area contributed by atoms with E-state index in [9.17, 15) is 0 Å². The van der Waals surface area contributed by atoms with Crippen LogP contribution in [0, 0.1) is 0 Å². The zero-order chi connectivity index (χ0) is 46.1. The van der Waals surface area contributed by atoms with E-state index in [4.69, 9.17) is 15.0 Å². The van der Waals surface area contributed by atoms with Gasteiger partial charge in [-0.25, -0.2) is 15.0 Å². The molecule has 0 N–H and O–H groups in total. The van der Waals surface area contributed by atoms with Crippen molar-refractivity contribution in [3.63, 3.8) is 0 Å². The molecule has 0 fully saturated rings. The van der Waals surface area contributed by atoms with Crippen molar-refractivity contribution in [3.05, 3.63) is 243 Å². The molecule has 0 amide bonds. The molecular formula is C65H40N4S. The van der Waals surface area contributed by atoms with Crippen LogP contribution in [0.5, 0.6) is 0 Å². The molecule has 14 rings (SSSR count). The maximum atomic E-state index is 5.42. The second-order valence-corrected chi connectivity index (χ2v) is 19.1. The molecule has 0 saturated carbocycles. The summed E-state index contributed by atoms with van der Waals surface area (Å²) < 4.78 is 4.94. The molecule has 11 aromatic carbocycles. The topological polar surface area (TPSA) is 43.6 Å². The van der Waals surface area contributed by atoms with Crippen LogP contribution in [0.25, 0.3) is 137 Å². The Kier molecular flexibility index (Phi) is 9.36. The van der Waals surface area contributed by atoms with E-state index in [2.05, 4.69) is 235 Å². The van der Waals surface area contributed by atoms with Crippen LogP contribution in [0.1, 0.15) is 0 Å². The van der Waals surface area contributed by atoms with Gasteiger partial charge in [-0.1, -0.05) is 188 Å². The highest BCUT2D eigenvalue weighted by molar-refractivity contribution is 7.25. The number of hydrogen-bond acceptors (Lipinski definition) is 4. The molecule has 3 aromatic heterocycles. The fraction of sp³-hybridized carbons (Fsp3) is 0. The molecule has 4 nitrogen and oxygen atoms in total. The first-order valence-electron chi connectivity index (χ1n) is 23.7. The summed E-state index contributed by atoms with van der Waals surface area (Å²) in [6, 6.07) is 87.2. The van der Waals surface area contributed by atoms with Crippen molar-refractivity contribution >= 4 is 74.9 Å². The molecule has 5 heteroatoms. The van der Waals surface area contributed by atoms with Crippen LogP contribution in [0.4, 0.5) is 0 Å². The van der Waals surface area contributed by atoms with Gasteiger partial charge >= 0.3 is 0 Å². The van der Waals surface area contributed by atoms with Crippen molar-refractivity contribution in [2.45, 2.75) is 0 Å². The predicted molar refractivity (Wildman–Crippen MR) is 295 cm³/mol. The number of aromatic nitrogens is 4. The van der Waals surface area contributed by atoms with Crippen molar-refractivity contribution in [3.8, 4) is 73.2 Å². The summed E-state index contributed by atoms with van der Waals surface area (Å²) in [5.74, 6) is 1.83. The van der Waals surface area contributed by atoms with Gasteiger partial charge in [-0.05, 0) is 110 Å². The molecule has 14 aromatic rings. The van der Waals surface area contributed by atoms with Gasteiger partial charge in [-0.3, -0.25) is 0 Å². The van der Waals surface area contributed by atoms with E-state index in [0.717, 1.165) is 66.8 Å². The van der Waals surface area contributed by atoms with E-state index in [1.807, 2.05) is 23.5 Å². The van der Waals surface area contributed by atoms with E-state index < -0.39 is 0 Å². The Morgan fingerprint density at radius 2 is 0.743 bits per heavy atom. The van der Waals surface area contributed by atoms with Crippen LogP contribution in [0.15, 0.2) is 243 Å². The van der Waals surface area contributed by atoms with E-state index in [1.165, 1.54) is 52.5 Å². The van der Waals surface area contributed by atoms with Crippen molar-refractivity contribution < 1.29 is 0 Å². The van der Waals surface area contributed by atoms with Gasteiger partial charge < -0.3 is 4.57 Å². The lowest BCUT2D eigenvalue weighted by molar-refractivity contribution is 1.07. The van der Waals surface area contributed by atoms with E-state index >= 15 is 0 Å². The SMILES string of the molecule is c1ccc(-c2ccc(-c3nc(-c4ccc(-c5ccccc5)cc4)nc(-c4ccc(-n5c6cc7ccccc7cc6c6cc7ccccc7cc65)cc4-c4cccc5sc6ccccc6c45)n3)cc2)cc1. The molecule has 0 atom stereocenters. The van der Waals surface area contributed by atoms with Crippen molar-refractivity contribution in [1.29, 1.82) is 0 Å². The van der Waals surface area contributed by atoms with Crippen molar-refractivity contribution in [2.24, 2.45) is 0 Å². The van der Waals surface area contributed by atoms with Gasteiger partial charge in [-0.15, -0.1) is 11.3 Å². The molecule has 70 heavy (non-hydrogen) atoms. The van der Waals surface area contributed by atoms with Gasteiger partial charge in [0.1, 0.15) is 0 Å². The van der Waals surface area contributed by atoms with Gasteiger partial charge in [0.2, 0.25) is 0 Å². The quantitative estimate of drug-likeness (QED) is 0.160. The number of fused-ring (bicyclic) bond motifs is 8. The highest BCUT2D eigenvalue weighted by Crippen LogP contribution is 2.45. The minimum atomic E-state index is 0.608. The fourth-order valence-electron chi connectivity index (χ4n) is 10.4. The van der Waals surface area contributed by atoms with E-state index in [1.54, 1.807) is 0 Å². The Balaban J connectivity index is 1.03. The third kappa shape index (κ3) is 6.78. The number of nitrogens with zero attached hydrogens (tertiary/aromatic N) is 4. The summed E-state index contributed by atoms with van der Waals surface area (Å²) in [5.41, 5.74) is 12.9. The average Bonchev–Trinajstić information content (AvgIpc) is 3.97. The maximum absolute atomic E-state index is 5.42. The van der Waals surface area contributed by atoms with Crippen molar-refractivity contribution in [1.82, 2.24) is 19.5 Å². The molecule has 0 aliphatic rings. The lowest BCUT2D eigenvalue weighted by Gasteiger charge is -2.17. The first-order chi connectivity index (χ1) is 34.7. The number of hydrogen-bond donors (Lipinski definition) is 0. The van der Waals surface area contributed by atoms with Gasteiger partial charge in [0, 0.05) is 53.3 Å². The van der Waals surface area contributed by atoms with Crippen LogP contribution in [0.3, 0.4) is 0 Å². The summed E-state index contributed by atoms with van der Waals surface area (Å²) in [4.78, 5) is 16.1. The Morgan fingerprint density at radius 3 is 1.31 bits per heavy atom. The smallest absolute Gasteiger partial charge is 0.164 e. The number of thiophene rings is 1. The Bertz CT molecular complexity index is 4130. The molecule has 3 heterocycles. The van der Waals surface area contributed by atoms with Crippen LogP contribution in [-0.2, 0) is 0 Å². The molecular weight excluding hydrogens is 869 g/mol. The van der Waals surface area contributed by atoms with Crippen LogP contribution >= 0.6 is 11.3 Å². The Labute approximate surface area is 408 Å². The second kappa shape index (κ2) is 16.3. The van der Waals surface area contributed by atoms with Gasteiger partial charge in [0.25, 0.3) is 0 Å². The fourth-order valence-corrected chi connectivity index (χ4v) is 11.5. The first-order valence-corrected chi connectivity index (χ1v) is 24.5. The molecule has 0 spiro atoms. The maximum Gasteiger partial charge on any atom is 0.164 e. The minimum absolute atomic E-state index is 0.608. The predicted octanol–water partition coefficient (Wildman–Crippen LogP) is 17.6.